The number of nitrogens with zero attached hydrogens (tertiary/aromatic N) is 2. The number of hydrogen-bond donors (Lipinski definition) is 4. The number of aliphatic hydroxyl groups is 1. The van der Waals surface area contributed by atoms with Crippen LogP contribution in [-0.4, -0.2) is 77.1 Å². The summed E-state index contributed by atoms with van der Waals surface area (Å²) in [5.41, 5.74) is 4.84. The number of benzene rings is 3. The summed E-state index contributed by atoms with van der Waals surface area (Å²) in [6.07, 6.45) is 1.74. The molecule has 3 aromatic rings. The lowest BCUT2D eigenvalue weighted by molar-refractivity contribution is -0.110. The first kappa shape index (κ1) is 28.1. The number of anilines is 2. The van der Waals surface area contributed by atoms with Crippen LogP contribution in [0, 0.1) is 6.92 Å². The van der Waals surface area contributed by atoms with E-state index in [-0.39, 0.29) is 30.0 Å². The number of piperidine rings is 1. The number of amides is 2. The van der Waals surface area contributed by atoms with Crippen LogP contribution in [0.1, 0.15) is 50.2 Å². The second-order valence-electron chi connectivity index (χ2n) is 10.5. The molecular weight excluding hydrogens is 520 g/mol. The molecule has 0 atom stereocenters. The average molecular weight is 555 g/mol. The van der Waals surface area contributed by atoms with Crippen molar-refractivity contribution < 1.29 is 24.6 Å². The number of nitrogens with one attached hydrogen (secondary N) is 2. The van der Waals surface area contributed by atoms with Crippen LogP contribution in [0.5, 0.6) is 0 Å². The van der Waals surface area contributed by atoms with Crippen LogP contribution in [0.3, 0.4) is 0 Å². The maximum Gasteiger partial charge on any atom is 0.336 e. The molecule has 0 bridgehead atoms. The molecule has 2 amide bonds. The molecule has 9 nitrogen and oxygen atoms in total. The first-order chi connectivity index (χ1) is 19.8. The number of carbonyl (C=O) groups is 3. The fourth-order valence-corrected chi connectivity index (χ4v) is 5.57. The van der Waals surface area contributed by atoms with Gasteiger partial charge in [0.2, 0.25) is 0 Å². The number of rotatable bonds is 8. The SMILES string of the molecule is Cc1cc2c(cc1C(=O)O)NC(=O)C2=C(Nc1ccc(C(=O)N(C)C2CCN(CCO)CC2)cc1)c1ccccc1. The fourth-order valence-electron chi connectivity index (χ4n) is 5.57. The molecule has 3 aromatic carbocycles. The summed E-state index contributed by atoms with van der Waals surface area (Å²) in [4.78, 5) is 42.2. The van der Waals surface area contributed by atoms with Crippen LogP contribution in [0.4, 0.5) is 11.4 Å². The standard InChI is InChI=1S/C32H34N4O5/c1-20-18-26-27(19-25(20)32(40)41)34-30(38)28(26)29(21-6-4-3-5-7-21)33-23-10-8-22(9-11-23)31(39)35(2)24-12-14-36(15-13-24)16-17-37/h3-11,18-19,24,33,37H,12-17H2,1-2H3,(H,34,38)(H,40,41). The number of carbonyl (C=O) groups excluding carboxylic acids is 2. The number of β-amino-alcohol motifs (C(OH)–C–C–N with tert-alkyl or cyclic N) is 1. The minimum absolute atomic E-state index is 0.0485. The summed E-state index contributed by atoms with van der Waals surface area (Å²) < 4.78 is 0. The van der Waals surface area contributed by atoms with E-state index < -0.39 is 5.97 Å². The second-order valence-corrected chi connectivity index (χ2v) is 10.5. The Kier molecular flexibility index (Phi) is 8.19. The van der Waals surface area contributed by atoms with E-state index in [0.29, 0.717) is 45.9 Å². The van der Waals surface area contributed by atoms with E-state index >= 15 is 0 Å². The van der Waals surface area contributed by atoms with Crippen LogP contribution in [0.15, 0.2) is 66.7 Å². The lowest BCUT2D eigenvalue weighted by Crippen LogP contribution is -2.46. The summed E-state index contributed by atoms with van der Waals surface area (Å²) in [5.74, 6) is -1.43. The third-order valence-corrected chi connectivity index (χ3v) is 7.89. The van der Waals surface area contributed by atoms with Gasteiger partial charge in [-0.15, -0.1) is 0 Å². The lowest BCUT2D eigenvalue weighted by Gasteiger charge is -2.36. The van der Waals surface area contributed by atoms with Crippen molar-refractivity contribution in [3.8, 4) is 0 Å². The van der Waals surface area contributed by atoms with Gasteiger partial charge in [0.15, 0.2) is 0 Å². The maximum absolute atomic E-state index is 13.3. The Morgan fingerprint density at radius 3 is 2.34 bits per heavy atom. The molecule has 4 N–H and O–H groups in total. The van der Waals surface area contributed by atoms with E-state index in [1.54, 1.807) is 25.1 Å². The first-order valence-electron chi connectivity index (χ1n) is 13.7. The average Bonchev–Trinajstić information content (AvgIpc) is 3.30. The number of aryl methyl sites for hydroxylation is 1. The van der Waals surface area contributed by atoms with E-state index in [0.717, 1.165) is 31.5 Å². The number of hydrogen-bond acceptors (Lipinski definition) is 6. The number of fused-ring (bicyclic) bond motifs is 1. The van der Waals surface area contributed by atoms with Gasteiger partial charge in [0.25, 0.3) is 11.8 Å². The molecular formula is C32H34N4O5. The summed E-state index contributed by atoms with van der Waals surface area (Å²) in [5, 5.41) is 24.9. The van der Waals surface area contributed by atoms with E-state index in [4.69, 9.17) is 0 Å². The highest BCUT2D eigenvalue weighted by atomic mass is 16.4. The molecule has 1 fully saturated rings. The number of carboxylic acids is 1. The van der Waals surface area contributed by atoms with Crippen LogP contribution in [0.2, 0.25) is 0 Å². The van der Waals surface area contributed by atoms with Crippen molar-refractivity contribution >= 4 is 40.4 Å². The largest absolute Gasteiger partial charge is 0.478 e. The molecule has 0 unspecified atom stereocenters. The zero-order valence-electron chi connectivity index (χ0n) is 23.2. The van der Waals surface area contributed by atoms with Gasteiger partial charge in [0.05, 0.1) is 29.1 Å². The molecule has 2 aliphatic heterocycles. The highest BCUT2D eigenvalue weighted by Crippen LogP contribution is 2.39. The zero-order valence-corrected chi connectivity index (χ0v) is 23.2. The van der Waals surface area contributed by atoms with E-state index in [1.165, 1.54) is 6.07 Å². The molecule has 0 aliphatic carbocycles. The van der Waals surface area contributed by atoms with Gasteiger partial charge in [-0.3, -0.25) is 9.59 Å². The maximum atomic E-state index is 13.3. The summed E-state index contributed by atoms with van der Waals surface area (Å²) in [7, 11) is 1.84. The van der Waals surface area contributed by atoms with Crippen molar-refractivity contribution in [1.29, 1.82) is 0 Å². The molecule has 0 aromatic heterocycles. The summed E-state index contributed by atoms with van der Waals surface area (Å²) in [6, 6.07) is 20.0. The quantitative estimate of drug-likeness (QED) is 0.309. The molecule has 2 heterocycles. The molecule has 41 heavy (non-hydrogen) atoms. The van der Waals surface area contributed by atoms with Crippen LogP contribution in [-0.2, 0) is 4.79 Å². The molecule has 0 radical (unpaired) electrons. The first-order valence-corrected chi connectivity index (χ1v) is 13.7. The summed E-state index contributed by atoms with van der Waals surface area (Å²) in [6.45, 7) is 4.24. The molecule has 0 saturated carbocycles. The number of carboxylic acid groups (broad SMARTS) is 1. The molecule has 1 saturated heterocycles. The molecule has 212 valence electrons. The normalized spacial score (nSPS) is 16.6. The predicted molar refractivity (Wildman–Crippen MR) is 159 cm³/mol. The van der Waals surface area contributed by atoms with Gasteiger partial charge in [0, 0.05) is 49.5 Å². The van der Waals surface area contributed by atoms with Gasteiger partial charge in [-0.1, -0.05) is 30.3 Å². The third kappa shape index (κ3) is 5.86. The zero-order chi connectivity index (χ0) is 29.1. The van der Waals surface area contributed by atoms with Crippen molar-refractivity contribution in [1.82, 2.24) is 9.80 Å². The van der Waals surface area contributed by atoms with Gasteiger partial charge >= 0.3 is 5.97 Å². The lowest BCUT2D eigenvalue weighted by atomic mass is 9.96. The van der Waals surface area contributed by atoms with Gasteiger partial charge in [0.1, 0.15) is 0 Å². The number of aliphatic hydroxyl groups excluding tert-OH is 1. The molecule has 0 spiro atoms. The van der Waals surface area contributed by atoms with Gasteiger partial charge < -0.3 is 30.6 Å². The highest BCUT2D eigenvalue weighted by Gasteiger charge is 2.30. The minimum Gasteiger partial charge on any atom is -0.478 e. The Labute approximate surface area is 239 Å². The molecule has 5 rings (SSSR count). The van der Waals surface area contributed by atoms with E-state index in [1.807, 2.05) is 54.4 Å². The van der Waals surface area contributed by atoms with Crippen LogP contribution >= 0.6 is 0 Å². The fraction of sp³-hybridized carbons (Fsp3) is 0.281. The van der Waals surface area contributed by atoms with Crippen molar-refractivity contribution in [3.05, 3.63) is 94.5 Å². The highest BCUT2D eigenvalue weighted by molar-refractivity contribution is 6.37. The van der Waals surface area contributed by atoms with E-state index in [2.05, 4.69) is 15.5 Å². The number of likely N-dealkylation sites (tertiary alicyclic amines) is 1. The minimum atomic E-state index is -1.05. The van der Waals surface area contributed by atoms with Crippen LogP contribution in [0.25, 0.3) is 11.3 Å². The van der Waals surface area contributed by atoms with Crippen molar-refractivity contribution in [3.63, 3.8) is 0 Å². The topological polar surface area (TPSA) is 122 Å². The van der Waals surface area contributed by atoms with Gasteiger partial charge in [-0.05, 0) is 67.3 Å². The van der Waals surface area contributed by atoms with Crippen molar-refractivity contribution in [2.24, 2.45) is 0 Å². The second kappa shape index (κ2) is 12.0. The number of aromatic carboxylic acids is 1. The van der Waals surface area contributed by atoms with Crippen molar-refractivity contribution in [2.75, 3.05) is 43.9 Å². The summed E-state index contributed by atoms with van der Waals surface area (Å²) >= 11 is 0. The van der Waals surface area contributed by atoms with Crippen LogP contribution < -0.4 is 10.6 Å². The molecule has 9 heteroatoms. The Bertz CT molecular complexity index is 1490. The predicted octanol–water partition coefficient (Wildman–Crippen LogP) is 4.15. The van der Waals surface area contributed by atoms with Gasteiger partial charge in [-0.2, -0.15) is 0 Å². The third-order valence-electron chi connectivity index (χ3n) is 7.89. The molecule has 2 aliphatic rings. The smallest absolute Gasteiger partial charge is 0.336 e. The monoisotopic (exact) mass is 554 g/mol. The van der Waals surface area contributed by atoms with E-state index in [9.17, 15) is 24.6 Å². The van der Waals surface area contributed by atoms with Gasteiger partial charge in [-0.25, -0.2) is 4.79 Å². The van der Waals surface area contributed by atoms with Crippen molar-refractivity contribution in [2.45, 2.75) is 25.8 Å². The Balaban J connectivity index is 1.41. The Morgan fingerprint density at radius 2 is 1.71 bits per heavy atom. The Morgan fingerprint density at radius 1 is 1.02 bits per heavy atom. The Hall–Kier alpha value is -4.47.